The molecule has 0 saturated carbocycles. The number of nitrogens with one attached hydrogen (secondary N) is 1. The molecule has 3 aliphatic rings. The lowest BCUT2D eigenvalue weighted by Crippen LogP contribution is -2.46. The topological polar surface area (TPSA) is 121 Å². The average Bonchev–Trinajstić information content (AvgIpc) is 3.37. The van der Waals surface area contributed by atoms with Gasteiger partial charge < -0.3 is 24.8 Å². The number of carbonyl (C=O) groups excluding carboxylic acids is 2. The van der Waals surface area contributed by atoms with Gasteiger partial charge in [0.1, 0.15) is 0 Å². The summed E-state index contributed by atoms with van der Waals surface area (Å²) < 4.78 is 12.3. The van der Waals surface area contributed by atoms with Crippen LogP contribution in [0, 0.1) is 21.3 Å². The van der Waals surface area contributed by atoms with Crippen LogP contribution in [0.5, 0.6) is 11.5 Å². The zero-order valence-corrected chi connectivity index (χ0v) is 29.9. The number of benzene rings is 3. The maximum atomic E-state index is 14.2. The Morgan fingerprint density at radius 2 is 1.78 bits per heavy atom. The van der Waals surface area contributed by atoms with Crippen molar-refractivity contribution in [2.75, 3.05) is 17.3 Å². The Labute approximate surface area is 305 Å². The second-order valence-corrected chi connectivity index (χ2v) is 14.2. The maximum Gasteiger partial charge on any atom is 0.455 e. The number of aromatic hydroxyl groups is 1. The molecule has 2 saturated heterocycles. The number of carbonyl (C=O) groups is 2. The van der Waals surface area contributed by atoms with Crippen LogP contribution in [-0.2, 0) is 14.2 Å². The minimum Gasteiger partial charge on any atom is -0.504 e. The zero-order valence-electron chi connectivity index (χ0n) is 27.8. The summed E-state index contributed by atoms with van der Waals surface area (Å²) in [6.45, 7) is 2.03. The fourth-order valence-electron chi connectivity index (χ4n) is 7.70. The molecule has 9 nitrogen and oxygen atoms in total. The van der Waals surface area contributed by atoms with Gasteiger partial charge in [0, 0.05) is 17.6 Å². The Hall–Kier alpha value is -4.46. The molecule has 254 valence electrons. The lowest BCUT2D eigenvalue weighted by molar-refractivity contribution is -0.122. The van der Waals surface area contributed by atoms with Crippen molar-refractivity contribution in [2.45, 2.75) is 38.6 Å². The van der Waals surface area contributed by atoms with Crippen molar-refractivity contribution < 1.29 is 29.1 Å². The normalized spacial score (nSPS) is 22.0. The van der Waals surface area contributed by atoms with Crippen molar-refractivity contribution >= 4 is 70.2 Å². The molecule has 1 aliphatic carbocycles. The first-order chi connectivity index (χ1) is 24.2. The predicted molar refractivity (Wildman–Crippen MR) is 203 cm³/mol. The van der Waals surface area contributed by atoms with Crippen LogP contribution in [0.2, 0.25) is 6.32 Å². The van der Waals surface area contributed by atoms with E-state index < -0.39 is 25.1 Å². The smallest absolute Gasteiger partial charge is 0.455 e. The average molecular weight is 781 g/mol. The van der Waals surface area contributed by atoms with Crippen LogP contribution in [-0.4, -0.2) is 47.3 Å². The molecule has 2 amide bonds. The number of ether oxygens (including phenoxy) is 1. The number of hydrogen-bond acceptors (Lipinski definition) is 8. The van der Waals surface area contributed by atoms with E-state index in [1.54, 1.807) is 24.4 Å². The number of phenols is 1. The Morgan fingerprint density at radius 1 is 1.04 bits per heavy atom. The third-order valence-corrected chi connectivity index (χ3v) is 10.7. The number of pyridine rings is 1. The quantitative estimate of drug-likeness (QED) is 0.0692. The second kappa shape index (κ2) is 14.4. The second-order valence-electron chi connectivity index (χ2n) is 13.0. The molecule has 3 heterocycles. The summed E-state index contributed by atoms with van der Waals surface area (Å²) in [6, 6.07) is 26.6. The van der Waals surface area contributed by atoms with Crippen LogP contribution in [0.1, 0.15) is 37.4 Å². The Balaban J connectivity index is 1.13. The highest BCUT2D eigenvalue weighted by Crippen LogP contribution is 2.51. The summed E-state index contributed by atoms with van der Waals surface area (Å²) in [7, 11) is 0.457. The number of para-hydroxylation sites is 1. The summed E-state index contributed by atoms with van der Waals surface area (Å²) in [6.07, 6.45) is 5.16. The molecule has 3 N–H and O–H groups in total. The van der Waals surface area contributed by atoms with Gasteiger partial charge in [-0.3, -0.25) is 19.5 Å². The Bertz CT molecular complexity index is 1970. The van der Waals surface area contributed by atoms with Gasteiger partial charge in [-0.2, -0.15) is 0 Å². The van der Waals surface area contributed by atoms with Gasteiger partial charge >= 0.3 is 7.12 Å². The number of phenolic OH excluding ortho intramolecular Hbond substituents is 1. The predicted octanol–water partition coefficient (Wildman–Crippen LogP) is 7.49. The van der Waals surface area contributed by atoms with E-state index >= 15 is 0 Å². The van der Waals surface area contributed by atoms with Gasteiger partial charge in [-0.25, -0.2) is 0 Å². The molecule has 0 unspecified atom stereocenters. The van der Waals surface area contributed by atoms with Crippen molar-refractivity contribution in [3.63, 3.8) is 0 Å². The van der Waals surface area contributed by atoms with E-state index in [2.05, 4.69) is 32.9 Å². The Kier molecular flexibility index (Phi) is 9.81. The lowest BCUT2D eigenvalue weighted by atomic mass is 9.58. The van der Waals surface area contributed by atoms with Crippen LogP contribution >= 0.6 is 22.6 Å². The number of anilines is 3. The molecule has 7 rings (SSSR count). The molecule has 2 fully saturated rings. The van der Waals surface area contributed by atoms with Gasteiger partial charge in [-0.05, 0) is 144 Å². The molecular weight excluding hydrogens is 744 g/mol. The fraction of sp³-hybridized carbons (Fsp3) is 0.256. The van der Waals surface area contributed by atoms with E-state index in [-0.39, 0.29) is 29.8 Å². The molecule has 11 heteroatoms. The van der Waals surface area contributed by atoms with Gasteiger partial charge in [-0.1, -0.05) is 29.8 Å². The standard InChI is InChI=1S/C39H37BIN3O6/c1-23-18-29-36(39(47)44(38(29)46)28-14-12-27(13-15-28)43-26-8-4-3-5-9-26)30-22-40(48)50-33(35(23)30)16-11-25(32-10-6-7-17-42-32)19-24-20-31(41)37(45)34(21-24)49-2/h3-10,12-15,17,19-21,29-30,33,36,43,45,48H,11,16,18,22H2,1-2H3/b25-19-/t29-,30+,33-,36-/m1/s1. The number of amides is 2. The lowest BCUT2D eigenvalue weighted by Gasteiger charge is -2.42. The van der Waals surface area contributed by atoms with Gasteiger partial charge in [0.15, 0.2) is 11.5 Å². The minimum absolute atomic E-state index is 0.0916. The van der Waals surface area contributed by atoms with E-state index in [0.29, 0.717) is 34.3 Å². The van der Waals surface area contributed by atoms with Crippen molar-refractivity contribution in [3.05, 3.63) is 117 Å². The molecule has 0 radical (unpaired) electrons. The van der Waals surface area contributed by atoms with E-state index in [0.717, 1.165) is 39.4 Å². The summed E-state index contributed by atoms with van der Waals surface area (Å²) in [5, 5.41) is 24.7. The highest BCUT2D eigenvalue weighted by atomic mass is 127. The maximum absolute atomic E-state index is 14.2. The summed E-state index contributed by atoms with van der Waals surface area (Å²) in [4.78, 5) is 34.0. The van der Waals surface area contributed by atoms with Gasteiger partial charge in [0.05, 0.1) is 40.0 Å². The number of imide groups is 1. The third kappa shape index (κ3) is 6.69. The largest absolute Gasteiger partial charge is 0.504 e. The SMILES string of the molecule is COc1cc(/C=C(/CC[C@H]2OB(O)C[C@H]3C2=C(C)C[C@H]2C(=O)N(c4ccc(Nc5ccccc5)cc4)C(=O)[C@H]23)c2ccccn2)cc(I)c1O. The van der Waals surface area contributed by atoms with Gasteiger partial charge in [0.2, 0.25) is 11.8 Å². The van der Waals surface area contributed by atoms with Gasteiger partial charge in [0.25, 0.3) is 0 Å². The van der Waals surface area contributed by atoms with E-state index in [4.69, 9.17) is 9.39 Å². The number of halogens is 1. The first kappa shape index (κ1) is 34.0. The molecule has 4 atom stereocenters. The van der Waals surface area contributed by atoms with Crippen LogP contribution in [0.25, 0.3) is 11.6 Å². The number of nitrogens with zero attached hydrogens (tertiary/aromatic N) is 2. The number of hydrogen-bond donors (Lipinski definition) is 3. The minimum atomic E-state index is -1.06. The van der Waals surface area contributed by atoms with Crippen molar-refractivity contribution in [2.24, 2.45) is 17.8 Å². The molecule has 2 aliphatic heterocycles. The van der Waals surface area contributed by atoms with E-state index in [1.165, 1.54) is 12.0 Å². The number of fused-ring (bicyclic) bond motifs is 3. The highest BCUT2D eigenvalue weighted by molar-refractivity contribution is 14.1. The highest BCUT2D eigenvalue weighted by Gasteiger charge is 2.57. The van der Waals surface area contributed by atoms with Crippen LogP contribution < -0.4 is 15.0 Å². The number of aromatic nitrogens is 1. The Morgan fingerprint density at radius 3 is 2.50 bits per heavy atom. The summed E-state index contributed by atoms with van der Waals surface area (Å²) in [5.74, 6) is -1.31. The number of rotatable bonds is 9. The van der Waals surface area contributed by atoms with Crippen LogP contribution in [0.15, 0.2) is 102 Å². The molecule has 50 heavy (non-hydrogen) atoms. The number of allylic oxidation sites excluding steroid dienone is 2. The van der Waals surface area contributed by atoms with Crippen molar-refractivity contribution in [3.8, 4) is 11.5 Å². The monoisotopic (exact) mass is 781 g/mol. The van der Waals surface area contributed by atoms with Crippen molar-refractivity contribution in [1.82, 2.24) is 4.98 Å². The number of methoxy groups -OCH3 is 1. The molecular formula is C39H37BIN3O6. The molecule has 0 bridgehead atoms. The van der Waals surface area contributed by atoms with Crippen LogP contribution in [0.3, 0.4) is 0 Å². The molecule has 1 aromatic heterocycles. The zero-order chi connectivity index (χ0) is 34.9. The van der Waals surface area contributed by atoms with Gasteiger partial charge in [-0.15, -0.1) is 0 Å². The fourth-order valence-corrected chi connectivity index (χ4v) is 8.33. The van der Waals surface area contributed by atoms with Crippen molar-refractivity contribution in [1.29, 1.82) is 0 Å². The molecule has 3 aromatic carbocycles. The first-order valence-corrected chi connectivity index (χ1v) is 17.8. The molecule has 4 aromatic rings. The van der Waals surface area contributed by atoms with Crippen LogP contribution in [0.4, 0.5) is 17.1 Å². The molecule has 0 spiro atoms. The summed E-state index contributed by atoms with van der Waals surface area (Å²) >= 11 is 2.08. The van der Waals surface area contributed by atoms with E-state index in [1.807, 2.05) is 79.7 Å². The third-order valence-electron chi connectivity index (χ3n) is 9.92. The van der Waals surface area contributed by atoms with E-state index in [9.17, 15) is 19.7 Å². The first-order valence-electron chi connectivity index (χ1n) is 16.7. The summed E-state index contributed by atoms with van der Waals surface area (Å²) in [5.41, 5.74) is 7.00.